The molecule has 10 heteroatoms. The zero-order valence-electron chi connectivity index (χ0n) is 21.0. The standard InChI is InChI=1S/C28H29Cl2FN4O2S/c1-18-17-34(12-13-35(18)28(37)32-21-5-6-23(29)24(30)16-21)26(36)8-11-33-10-7-25-22(9-14-38-25)27(33)19-3-2-4-20(31)15-19/h2-6,9,14-16,18,27H,7-8,10-13,17H2,1H3,(H,32,37)/t18-,27+/m1/s1. The summed E-state index contributed by atoms with van der Waals surface area (Å²) in [5, 5.41) is 5.74. The number of amides is 3. The zero-order valence-corrected chi connectivity index (χ0v) is 23.3. The van der Waals surface area contributed by atoms with Crippen LogP contribution in [0.25, 0.3) is 0 Å². The van der Waals surface area contributed by atoms with Crippen molar-refractivity contribution in [2.75, 3.05) is 38.0 Å². The fourth-order valence-electron chi connectivity index (χ4n) is 5.33. The minimum atomic E-state index is -0.254. The lowest BCUT2D eigenvalue weighted by atomic mass is 9.93. The number of thiophene rings is 1. The summed E-state index contributed by atoms with van der Waals surface area (Å²) >= 11 is 13.8. The van der Waals surface area contributed by atoms with Gasteiger partial charge in [0.2, 0.25) is 5.91 Å². The highest BCUT2D eigenvalue weighted by molar-refractivity contribution is 7.10. The van der Waals surface area contributed by atoms with Crippen molar-refractivity contribution in [2.45, 2.75) is 31.8 Å². The highest BCUT2D eigenvalue weighted by atomic mass is 35.5. The van der Waals surface area contributed by atoms with Crippen LogP contribution in [0.15, 0.2) is 53.9 Å². The molecule has 0 spiro atoms. The van der Waals surface area contributed by atoms with E-state index >= 15 is 0 Å². The van der Waals surface area contributed by atoms with Crippen LogP contribution >= 0.6 is 34.5 Å². The first-order valence-corrected chi connectivity index (χ1v) is 14.3. The van der Waals surface area contributed by atoms with Gasteiger partial charge in [-0.15, -0.1) is 11.3 Å². The first-order chi connectivity index (χ1) is 18.3. The molecule has 1 saturated heterocycles. The van der Waals surface area contributed by atoms with E-state index < -0.39 is 0 Å². The molecule has 0 saturated carbocycles. The maximum atomic E-state index is 14.1. The molecule has 1 N–H and O–H groups in total. The third-order valence-corrected chi connectivity index (χ3v) is 8.99. The largest absolute Gasteiger partial charge is 0.339 e. The van der Waals surface area contributed by atoms with Crippen molar-refractivity contribution in [2.24, 2.45) is 0 Å². The Balaban J connectivity index is 1.19. The van der Waals surface area contributed by atoms with Gasteiger partial charge in [0.1, 0.15) is 5.82 Å². The van der Waals surface area contributed by atoms with E-state index in [1.165, 1.54) is 16.5 Å². The molecule has 1 fully saturated rings. The van der Waals surface area contributed by atoms with Crippen LogP contribution in [0.3, 0.4) is 0 Å². The summed E-state index contributed by atoms with van der Waals surface area (Å²) in [6.07, 6.45) is 1.30. The topological polar surface area (TPSA) is 55.9 Å². The zero-order chi connectivity index (χ0) is 26.8. The van der Waals surface area contributed by atoms with E-state index in [1.807, 2.05) is 17.9 Å². The van der Waals surface area contributed by atoms with Crippen molar-refractivity contribution in [3.8, 4) is 0 Å². The van der Waals surface area contributed by atoms with Gasteiger partial charge in [-0.2, -0.15) is 0 Å². The van der Waals surface area contributed by atoms with Crippen LogP contribution in [-0.2, 0) is 11.2 Å². The molecule has 0 aliphatic carbocycles. The van der Waals surface area contributed by atoms with Crippen LogP contribution in [0.5, 0.6) is 0 Å². The summed E-state index contributed by atoms with van der Waals surface area (Å²) < 4.78 is 14.1. The predicted molar refractivity (Wildman–Crippen MR) is 151 cm³/mol. The van der Waals surface area contributed by atoms with Crippen molar-refractivity contribution < 1.29 is 14.0 Å². The third-order valence-electron chi connectivity index (χ3n) is 7.25. The maximum absolute atomic E-state index is 14.1. The van der Waals surface area contributed by atoms with E-state index in [4.69, 9.17) is 23.2 Å². The maximum Gasteiger partial charge on any atom is 0.322 e. The predicted octanol–water partition coefficient (Wildman–Crippen LogP) is 6.30. The molecule has 0 unspecified atom stereocenters. The molecule has 3 aromatic rings. The molecule has 2 aliphatic rings. The van der Waals surface area contributed by atoms with Gasteiger partial charge in [-0.25, -0.2) is 9.18 Å². The second-order valence-corrected chi connectivity index (χ2v) is 11.5. The van der Waals surface area contributed by atoms with Gasteiger partial charge in [-0.3, -0.25) is 9.69 Å². The Morgan fingerprint density at radius 2 is 1.92 bits per heavy atom. The molecule has 1 aromatic heterocycles. The molecule has 0 radical (unpaired) electrons. The Bertz CT molecular complexity index is 1340. The number of hydrogen-bond donors (Lipinski definition) is 1. The fourth-order valence-corrected chi connectivity index (χ4v) is 6.53. The summed E-state index contributed by atoms with van der Waals surface area (Å²) in [4.78, 5) is 33.2. The van der Waals surface area contributed by atoms with Crippen molar-refractivity contribution >= 4 is 52.2 Å². The Kier molecular flexibility index (Phi) is 8.23. The van der Waals surface area contributed by atoms with Crippen LogP contribution in [0.4, 0.5) is 14.9 Å². The lowest BCUT2D eigenvalue weighted by Crippen LogP contribution is -2.56. The van der Waals surface area contributed by atoms with Gasteiger partial charge in [0.25, 0.3) is 0 Å². The number of urea groups is 1. The second kappa shape index (κ2) is 11.6. The highest BCUT2D eigenvalue weighted by Gasteiger charge is 2.32. The number of nitrogens with zero attached hydrogens (tertiary/aromatic N) is 3. The third kappa shape index (κ3) is 5.83. The van der Waals surface area contributed by atoms with E-state index in [-0.39, 0.29) is 29.8 Å². The normalized spacial score (nSPS) is 19.8. The minimum Gasteiger partial charge on any atom is -0.339 e. The summed E-state index contributed by atoms with van der Waals surface area (Å²) in [6, 6.07) is 13.4. The molecule has 5 rings (SSSR count). The molecule has 200 valence electrons. The molecular formula is C28H29Cl2FN4O2S. The van der Waals surface area contributed by atoms with Gasteiger partial charge in [-0.05, 0) is 66.2 Å². The molecule has 2 aliphatic heterocycles. The van der Waals surface area contributed by atoms with E-state index in [2.05, 4.69) is 21.7 Å². The van der Waals surface area contributed by atoms with Gasteiger partial charge >= 0.3 is 6.03 Å². The highest BCUT2D eigenvalue weighted by Crippen LogP contribution is 2.38. The number of hydrogen-bond acceptors (Lipinski definition) is 4. The van der Waals surface area contributed by atoms with Crippen molar-refractivity contribution in [1.82, 2.24) is 14.7 Å². The summed E-state index contributed by atoms with van der Waals surface area (Å²) in [5.41, 5.74) is 2.68. The van der Waals surface area contributed by atoms with E-state index in [1.54, 1.807) is 46.6 Å². The fraction of sp³-hybridized carbons (Fsp3) is 0.357. The number of benzene rings is 2. The number of piperazine rings is 1. The van der Waals surface area contributed by atoms with E-state index in [9.17, 15) is 14.0 Å². The molecule has 2 atom stereocenters. The first-order valence-electron chi connectivity index (χ1n) is 12.7. The molecule has 3 amide bonds. The van der Waals surface area contributed by atoms with E-state index in [0.717, 1.165) is 18.5 Å². The smallest absolute Gasteiger partial charge is 0.322 e. The lowest BCUT2D eigenvalue weighted by Gasteiger charge is -2.40. The molecular weight excluding hydrogens is 546 g/mol. The molecule has 2 aromatic carbocycles. The van der Waals surface area contributed by atoms with Crippen LogP contribution in [0, 0.1) is 5.82 Å². The van der Waals surface area contributed by atoms with Gasteiger partial charge in [0.05, 0.1) is 16.1 Å². The van der Waals surface area contributed by atoms with Gasteiger partial charge in [-0.1, -0.05) is 35.3 Å². The summed E-state index contributed by atoms with van der Waals surface area (Å²) in [5.74, 6) is -0.188. The van der Waals surface area contributed by atoms with Crippen LogP contribution in [0.2, 0.25) is 10.0 Å². The summed E-state index contributed by atoms with van der Waals surface area (Å²) in [7, 11) is 0. The number of halogens is 3. The minimum absolute atomic E-state index is 0.0608. The first kappa shape index (κ1) is 26.9. The lowest BCUT2D eigenvalue weighted by molar-refractivity contribution is -0.134. The number of fused-ring (bicyclic) bond motifs is 1. The van der Waals surface area contributed by atoms with Crippen LogP contribution < -0.4 is 5.32 Å². The molecule has 3 heterocycles. The van der Waals surface area contributed by atoms with E-state index in [0.29, 0.717) is 48.3 Å². The monoisotopic (exact) mass is 574 g/mol. The van der Waals surface area contributed by atoms with Gasteiger partial charge in [0.15, 0.2) is 0 Å². The molecule has 38 heavy (non-hydrogen) atoms. The van der Waals surface area contributed by atoms with Crippen molar-refractivity contribution in [3.63, 3.8) is 0 Å². The second-order valence-electron chi connectivity index (χ2n) is 9.73. The molecule has 6 nitrogen and oxygen atoms in total. The average molecular weight is 576 g/mol. The van der Waals surface area contributed by atoms with Gasteiger partial charge < -0.3 is 15.1 Å². The van der Waals surface area contributed by atoms with Crippen LogP contribution in [0.1, 0.15) is 35.4 Å². The Hall–Kier alpha value is -2.65. The van der Waals surface area contributed by atoms with Crippen molar-refractivity contribution in [3.05, 3.63) is 85.8 Å². The number of carbonyl (C=O) groups is 2. The molecule has 0 bridgehead atoms. The number of anilines is 1. The summed E-state index contributed by atoms with van der Waals surface area (Å²) in [6.45, 7) is 4.73. The van der Waals surface area contributed by atoms with Gasteiger partial charge in [0, 0.05) is 55.8 Å². The number of carbonyl (C=O) groups excluding carboxylic acids is 2. The van der Waals surface area contributed by atoms with Crippen LogP contribution in [-0.4, -0.2) is 65.4 Å². The Labute approximate surface area is 235 Å². The number of rotatable bonds is 5. The Morgan fingerprint density at radius 1 is 1.08 bits per heavy atom. The average Bonchev–Trinajstić information content (AvgIpc) is 3.38. The Morgan fingerprint density at radius 3 is 2.68 bits per heavy atom. The van der Waals surface area contributed by atoms with Crippen molar-refractivity contribution in [1.29, 1.82) is 0 Å². The number of nitrogens with one attached hydrogen (secondary N) is 1. The SMILES string of the molecule is C[C@@H]1CN(C(=O)CCN2CCc3sccc3[C@@H]2c2cccc(F)c2)CCN1C(=O)Nc1ccc(Cl)c(Cl)c1. The quantitative estimate of drug-likeness (QED) is 0.389.